The molecule has 1 aromatic carbocycles. The third-order valence-electron chi connectivity index (χ3n) is 2.89. The van der Waals surface area contributed by atoms with Crippen LogP contribution in [0.4, 0.5) is 0 Å². The summed E-state index contributed by atoms with van der Waals surface area (Å²) in [5.41, 5.74) is 4.36. The number of aromatic nitrogens is 2. The Hall–Kier alpha value is -1.95. The number of hydrogen-bond donors (Lipinski definition) is 2. The molecule has 0 spiro atoms. The summed E-state index contributed by atoms with van der Waals surface area (Å²) in [5.74, 6) is 6.31. The van der Waals surface area contributed by atoms with E-state index >= 15 is 0 Å². The number of benzene rings is 1. The molecule has 1 atom stereocenters. The number of nitrogens with zero attached hydrogens (tertiary/aromatic N) is 2. The van der Waals surface area contributed by atoms with Gasteiger partial charge >= 0.3 is 0 Å². The quantitative estimate of drug-likeness (QED) is 0.567. The molecule has 96 valence electrons. The molecule has 0 bridgehead atoms. The van der Waals surface area contributed by atoms with Gasteiger partial charge in [0.05, 0.1) is 6.20 Å². The molecule has 0 aliphatic carbocycles. The van der Waals surface area contributed by atoms with Gasteiger partial charge in [-0.05, 0) is 35.9 Å². The van der Waals surface area contributed by atoms with Crippen LogP contribution in [0.25, 0.3) is 11.0 Å². The van der Waals surface area contributed by atoms with E-state index in [-0.39, 0.29) is 6.04 Å². The summed E-state index contributed by atoms with van der Waals surface area (Å²) in [6.07, 6.45) is 3.25. The van der Waals surface area contributed by atoms with Crippen molar-refractivity contribution in [3.63, 3.8) is 0 Å². The van der Waals surface area contributed by atoms with Crippen LogP contribution in [0.2, 0.25) is 5.02 Å². The number of fused-ring (bicyclic) bond motifs is 1. The molecule has 0 aliphatic heterocycles. The molecule has 3 aromatic rings. The van der Waals surface area contributed by atoms with Gasteiger partial charge in [0, 0.05) is 16.6 Å². The van der Waals surface area contributed by atoms with Crippen molar-refractivity contribution in [3.05, 3.63) is 59.1 Å². The van der Waals surface area contributed by atoms with Crippen LogP contribution in [0.3, 0.4) is 0 Å². The molecule has 0 fully saturated rings. The molecule has 19 heavy (non-hydrogen) atoms. The average Bonchev–Trinajstić information content (AvgIpc) is 2.83. The minimum absolute atomic E-state index is 0.276. The first kappa shape index (κ1) is 12.1. The predicted molar refractivity (Wildman–Crippen MR) is 72.4 cm³/mol. The highest BCUT2D eigenvalue weighted by atomic mass is 35.5. The van der Waals surface area contributed by atoms with Gasteiger partial charge in [-0.2, -0.15) is 10.2 Å². The molecule has 0 saturated heterocycles. The van der Waals surface area contributed by atoms with Crippen molar-refractivity contribution in [1.29, 1.82) is 0 Å². The maximum atomic E-state index is 5.96. The lowest BCUT2D eigenvalue weighted by Crippen LogP contribution is -2.28. The van der Waals surface area contributed by atoms with Gasteiger partial charge in [0.25, 0.3) is 0 Å². The number of furan rings is 1. The Morgan fingerprint density at radius 3 is 2.84 bits per heavy atom. The summed E-state index contributed by atoms with van der Waals surface area (Å²) < 4.78 is 5.78. The normalized spacial score (nSPS) is 12.7. The zero-order valence-corrected chi connectivity index (χ0v) is 10.6. The van der Waals surface area contributed by atoms with Crippen LogP contribution in [0.1, 0.15) is 17.4 Å². The van der Waals surface area contributed by atoms with Crippen molar-refractivity contribution in [3.8, 4) is 0 Å². The topological polar surface area (TPSA) is 77.0 Å². The molecule has 2 aromatic heterocycles. The third-order valence-corrected chi connectivity index (χ3v) is 3.12. The Morgan fingerprint density at radius 2 is 2.11 bits per heavy atom. The molecule has 0 radical (unpaired) electrons. The van der Waals surface area contributed by atoms with Gasteiger partial charge in [-0.15, -0.1) is 0 Å². The fourth-order valence-electron chi connectivity index (χ4n) is 1.99. The Kier molecular flexibility index (Phi) is 3.16. The van der Waals surface area contributed by atoms with Crippen LogP contribution in [0.15, 0.2) is 47.1 Å². The summed E-state index contributed by atoms with van der Waals surface area (Å²) in [4.78, 5) is 0. The number of nitrogens with two attached hydrogens (primary N) is 1. The van der Waals surface area contributed by atoms with Crippen molar-refractivity contribution in [1.82, 2.24) is 15.6 Å². The highest BCUT2D eigenvalue weighted by Crippen LogP contribution is 2.28. The molecule has 3 rings (SSSR count). The largest absolute Gasteiger partial charge is 0.459 e. The standard InChI is InChI=1S/C13H11ClN4O/c14-10-1-2-11-9(5-10)6-12(19-11)13(18-15)8-3-4-16-17-7-8/h1-7,13,18H,15H2. The molecule has 1 unspecified atom stereocenters. The number of nitrogens with one attached hydrogen (secondary N) is 1. The molecule has 3 N–H and O–H groups in total. The smallest absolute Gasteiger partial charge is 0.134 e. The summed E-state index contributed by atoms with van der Waals surface area (Å²) >= 11 is 5.96. The molecule has 0 aliphatic rings. The van der Waals surface area contributed by atoms with E-state index in [0.717, 1.165) is 16.5 Å². The van der Waals surface area contributed by atoms with E-state index in [2.05, 4.69) is 15.6 Å². The zero-order valence-electron chi connectivity index (χ0n) is 9.88. The van der Waals surface area contributed by atoms with Crippen molar-refractivity contribution in [2.45, 2.75) is 6.04 Å². The minimum atomic E-state index is -0.276. The SMILES string of the molecule is NNC(c1ccnnc1)c1cc2cc(Cl)ccc2o1. The second-order valence-electron chi connectivity index (χ2n) is 4.11. The predicted octanol–water partition coefficient (Wildman–Crippen LogP) is 2.43. The van der Waals surface area contributed by atoms with Gasteiger partial charge in [0.1, 0.15) is 17.4 Å². The number of halogens is 1. The lowest BCUT2D eigenvalue weighted by atomic mass is 10.1. The Morgan fingerprint density at radius 1 is 1.21 bits per heavy atom. The molecule has 6 heteroatoms. The Balaban J connectivity index is 2.07. The van der Waals surface area contributed by atoms with Gasteiger partial charge < -0.3 is 4.42 Å². The zero-order chi connectivity index (χ0) is 13.2. The third kappa shape index (κ3) is 2.31. The van der Waals surface area contributed by atoms with Crippen molar-refractivity contribution in [2.75, 3.05) is 0 Å². The van der Waals surface area contributed by atoms with Gasteiger partial charge in [0.15, 0.2) is 0 Å². The maximum absolute atomic E-state index is 5.96. The number of hydrazine groups is 1. The average molecular weight is 275 g/mol. The van der Waals surface area contributed by atoms with E-state index in [4.69, 9.17) is 21.9 Å². The van der Waals surface area contributed by atoms with E-state index in [1.165, 1.54) is 0 Å². The van der Waals surface area contributed by atoms with Crippen molar-refractivity contribution < 1.29 is 4.42 Å². The van der Waals surface area contributed by atoms with E-state index in [1.807, 2.05) is 24.3 Å². The lowest BCUT2D eigenvalue weighted by Gasteiger charge is -2.12. The summed E-state index contributed by atoms with van der Waals surface area (Å²) in [7, 11) is 0. The Labute approximate surface area is 114 Å². The van der Waals surface area contributed by atoms with Crippen LogP contribution < -0.4 is 11.3 Å². The van der Waals surface area contributed by atoms with Crippen molar-refractivity contribution in [2.24, 2.45) is 5.84 Å². The summed E-state index contributed by atoms with van der Waals surface area (Å²) in [6.45, 7) is 0. The van der Waals surface area contributed by atoms with Crippen LogP contribution in [-0.4, -0.2) is 10.2 Å². The molecule has 0 amide bonds. The number of rotatable bonds is 3. The monoisotopic (exact) mass is 274 g/mol. The first-order chi connectivity index (χ1) is 9.28. The second kappa shape index (κ2) is 4.97. The molecule has 2 heterocycles. The van der Waals surface area contributed by atoms with E-state index in [9.17, 15) is 0 Å². The fraction of sp³-hybridized carbons (Fsp3) is 0.0769. The van der Waals surface area contributed by atoms with Gasteiger partial charge in [0.2, 0.25) is 0 Å². The molecular formula is C13H11ClN4O. The second-order valence-corrected chi connectivity index (χ2v) is 4.54. The molecule has 0 saturated carbocycles. The van der Waals surface area contributed by atoms with Crippen LogP contribution in [0, 0.1) is 0 Å². The summed E-state index contributed by atoms with van der Waals surface area (Å²) in [6, 6.07) is 8.93. The van der Waals surface area contributed by atoms with Crippen LogP contribution >= 0.6 is 11.6 Å². The van der Waals surface area contributed by atoms with E-state index < -0.39 is 0 Å². The summed E-state index contributed by atoms with van der Waals surface area (Å²) in [5, 5.41) is 9.19. The van der Waals surface area contributed by atoms with Gasteiger partial charge in [-0.25, -0.2) is 5.43 Å². The highest BCUT2D eigenvalue weighted by molar-refractivity contribution is 6.31. The highest BCUT2D eigenvalue weighted by Gasteiger charge is 2.17. The number of hydrogen-bond acceptors (Lipinski definition) is 5. The van der Waals surface area contributed by atoms with Gasteiger partial charge in [-0.1, -0.05) is 11.6 Å². The first-order valence-electron chi connectivity index (χ1n) is 5.69. The lowest BCUT2D eigenvalue weighted by molar-refractivity contribution is 0.476. The van der Waals surface area contributed by atoms with Crippen LogP contribution in [-0.2, 0) is 0 Å². The Bertz CT molecular complexity index is 698. The van der Waals surface area contributed by atoms with Crippen molar-refractivity contribution >= 4 is 22.6 Å². The minimum Gasteiger partial charge on any atom is -0.459 e. The van der Waals surface area contributed by atoms with E-state index in [1.54, 1.807) is 18.5 Å². The fourth-order valence-corrected chi connectivity index (χ4v) is 2.17. The van der Waals surface area contributed by atoms with Gasteiger partial charge in [-0.3, -0.25) is 5.84 Å². The van der Waals surface area contributed by atoms with E-state index in [0.29, 0.717) is 10.8 Å². The maximum Gasteiger partial charge on any atom is 0.134 e. The molecule has 5 nitrogen and oxygen atoms in total. The van der Waals surface area contributed by atoms with Crippen LogP contribution in [0.5, 0.6) is 0 Å². The molecular weight excluding hydrogens is 264 g/mol. The first-order valence-corrected chi connectivity index (χ1v) is 6.07.